The zero-order valence-corrected chi connectivity index (χ0v) is 15.8. The monoisotopic (exact) mass is 402 g/mol. The molecule has 0 radical (unpaired) electrons. The van der Waals surface area contributed by atoms with Gasteiger partial charge in [-0.15, -0.1) is 5.10 Å². The number of anilines is 1. The SMILES string of the molecule is Cc1nc2nc(N)nn2c(C)c1CC(=O)NC(C)c1ccc(Br)cc1. The van der Waals surface area contributed by atoms with Gasteiger partial charge in [-0.25, -0.2) is 4.98 Å². The lowest BCUT2D eigenvalue weighted by molar-refractivity contribution is -0.121. The summed E-state index contributed by atoms with van der Waals surface area (Å²) in [7, 11) is 0. The normalized spacial score (nSPS) is 12.3. The number of fused-ring (bicyclic) bond motifs is 1. The second-order valence-electron chi connectivity index (χ2n) is 5.96. The van der Waals surface area contributed by atoms with E-state index in [1.807, 2.05) is 45.0 Å². The molecule has 3 aromatic rings. The van der Waals surface area contributed by atoms with Crippen LogP contribution in [-0.4, -0.2) is 25.5 Å². The molecule has 0 aliphatic heterocycles. The number of hydrogen-bond acceptors (Lipinski definition) is 5. The molecule has 7 nitrogen and oxygen atoms in total. The van der Waals surface area contributed by atoms with Gasteiger partial charge in [-0.3, -0.25) is 4.79 Å². The van der Waals surface area contributed by atoms with Gasteiger partial charge in [-0.1, -0.05) is 28.1 Å². The Balaban J connectivity index is 1.78. The predicted octanol–water partition coefficient (Wildman–Crippen LogP) is 2.51. The van der Waals surface area contributed by atoms with Crippen molar-refractivity contribution in [2.24, 2.45) is 0 Å². The van der Waals surface area contributed by atoms with Crippen molar-refractivity contribution in [1.82, 2.24) is 24.9 Å². The Morgan fingerprint density at radius 2 is 1.96 bits per heavy atom. The minimum atomic E-state index is -0.0834. The Bertz CT molecular complexity index is 934. The van der Waals surface area contributed by atoms with Gasteiger partial charge >= 0.3 is 0 Å². The molecule has 0 saturated carbocycles. The van der Waals surface area contributed by atoms with Crippen LogP contribution in [-0.2, 0) is 11.2 Å². The first-order valence-corrected chi connectivity index (χ1v) is 8.67. The number of benzene rings is 1. The van der Waals surface area contributed by atoms with Crippen LogP contribution < -0.4 is 11.1 Å². The van der Waals surface area contributed by atoms with Gasteiger partial charge in [0.1, 0.15) is 0 Å². The maximum absolute atomic E-state index is 12.5. The molecular formula is C17H19BrN6O. The summed E-state index contributed by atoms with van der Waals surface area (Å²) in [6.45, 7) is 5.70. The molecule has 0 fully saturated rings. The fourth-order valence-corrected chi connectivity index (χ4v) is 3.03. The summed E-state index contributed by atoms with van der Waals surface area (Å²) in [6, 6.07) is 7.80. The molecule has 1 amide bonds. The number of amides is 1. The third-order valence-electron chi connectivity index (χ3n) is 4.15. The largest absolute Gasteiger partial charge is 0.366 e. The number of nitrogens with one attached hydrogen (secondary N) is 1. The molecule has 0 spiro atoms. The molecule has 8 heteroatoms. The van der Waals surface area contributed by atoms with E-state index in [4.69, 9.17) is 5.73 Å². The molecule has 1 aromatic carbocycles. The second kappa shape index (κ2) is 6.79. The Morgan fingerprint density at radius 1 is 1.28 bits per heavy atom. The number of aryl methyl sites for hydroxylation is 2. The summed E-state index contributed by atoms with van der Waals surface area (Å²) >= 11 is 3.41. The molecule has 0 bridgehead atoms. The van der Waals surface area contributed by atoms with E-state index in [9.17, 15) is 4.79 Å². The first kappa shape index (κ1) is 17.3. The topological polar surface area (TPSA) is 98.2 Å². The maximum atomic E-state index is 12.5. The number of carbonyl (C=O) groups is 1. The lowest BCUT2D eigenvalue weighted by Gasteiger charge is -2.16. The van der Waals surface area contributed by atoms with Crippen molar-refractivity contribution in [3.05, 3.63) is 51.3 Å². The van der Waals surface area contributed by atoms with E-state index in [0.717, 1.165) is 27.0 Å². The number of halogens is 1. The number of aromatic nitrogens is 4. The van der Waals surface area contributed by atoms with Crippen molar-refractivity contribution in [3.8, 4) is 0 Å². The summed E-state index contributed by atoms with van der Waals surface area (Å²) in [5.74, 6) is 0.538. The van der Waals surface area contributed by atoms with Crippen LogP contribution in [0.1, 0.15) is 35.5 Å². The molecule has 0 saturated heterocycles. The number of nitrogens with two attached hydrogens (primary N) is 1. The van der Waals surface area contributed by atoms with E-state index in [0.29, 0.717) is 5.78 Å². The van der Waals surface area contributed by atoms with E-state index in [1.165, 1.54) is 0 Å². The zero-order valence-electron chi connectivity index (χ0n) is 14.2. The Morgan fingerprint density at radius 3 is 2.64 bits per heavy atom. The Kier molecular flexibility index (Phi) is 4.71. The van der Waals surface area contributed by atoms with Crippen molar-refractivity contribution in [2.75, 3.05) is 5.73 Å². The standard InChI is InChI=1S/C17H19BrN6O/c1-9(12-4-6-13(18)7-5-12)20-15(25)8-14-10(2)21-17-22-16(19)23-24(17)11(14)3/h4-7,9H,8H2,1-3H3,(H2,19,23)(H,20,25). The average molecular weight is 403 g/mol. The molecule has 2 heterocycles. The van der Waals surface area contributed by atoms with Gasteiger partial charge in [0, 0.05) is 21.4 Å². The minimum absolute atomic E-state index is 0.0733. The molecule has 25 heavy (non-hydrogen) atoms. The fraction of sp³-hybridized carbons (Fsp3) is 0.294. The first-order chi connectivity index (χ1) is 11.8. The van der Waals surface area contributed by atoms with Gasteiger partial charge in [0.05, 0.1) is 12.5 Å². The first-order valence-electron chi connectivity index (χ1n) is 7.88. The van der Waals surface area contributed by atoms with Crippen LogP contribution in [0.5, 0.6) is 0 Å². The average Bonchev–Trinajstić information content (AvgIpc) is 2.92. The van der Waals surface area contributed by atoms with Gasteiger partial charge < -0.3 is 11.1 Å². The second-order valence-corrected chi connectivity index (χ2v) is 6.88. The van der Waals surface area contributed by atoms with Crippen LogP contribution in [0.2, 0.25) is 0 Å². The maximum Gasteiger partial charge on any atom is 0.254 e. The number of nitrogen functional groups attached to an aromatic ring is 1. The Labute approximate surface area is 153 Å². The van der Waals surface area contributed by atoms with Crippen molar-refractivity contribution in [3.63, 3.8) is 0 Å². The third kappa shape index (κ3) is 3.63. The zero-order chi connectivity index (χ0) is 18.1. The molecule has 3 N–H and O–H groups in total. The summed E-state index contributed by atoms with van der Waals surface area (Å²) in [5, 5.41) is 7.14. The van der Waals surface area contributed by atoms with Crippen molar-refractivity contribution in [2.45, 2.75) is 33.2 Å². The molecule has 2 aromatic heterocycles. The lowest BCUT2D eigenvalue weighted by Crippen LogP contribution is -2.29. The highest BCUT2D eigenvalue weighted by Crippen LogP contribution is 2.18. The summed E-state index contributed by atoms with van der Waals surface area (Å²) in [4.78, 5) is 20.9. The van der Waals surface area contributed by atoms with Crippen molar-refractivity contribution >= 4 is 33.6 Å². The quantitative estimate of drug-likeness (QED) is 0.698. The minimum Gasteiger partial charge on any atom is -0.366 e. The lowest BCUT2D eigenvalue weighted by atomic mass is 10.1. The number of hydrogen-bond donors (Lipinski definition) is 2. The van der Waals surface area contributed by atoms with Crippen LogP contribution in [0.3, 0.4) is 0 Å². The molecular weight excluding hydrogens is 384 g/mol. The van der Waals surface area contributed by atoms with Gasteiger partial charge in [0.2, 0.25) is 11.9 Å². The van der Waals surface area contributed by atoms with Gasteiger partial charge in [-0.2, -0.15) is 9.50 Å². The molecule has 1 unspecified atom stereocenters. The van der Waals surface area contributed by atoms with Crippen LogP contribution in [0.4, 0.5) is 5.95 Å². The summed E-state index contributed by atoms with van der Waals surface area (Å²) in [6.07, 6.45) is 0.223. The molecule has 0 aliphatic rings. The summed E-state index contributed by atoms with van der Waals surface area (Å²) in [5.41, 5.74) is 9.08. The van der Waals surface area contributed by atoms with Crippen molar-refractivity contribution in [1.29, 1.82) is 0 Å². The smallest absolute Gasteiger partial charge is 0.254 e. The van der Waals surface area contributed by atoms with Crippen LogP contribution in [0.25, 0.3) is 5.78 Å². The highest BCUT2D eigenvalue weighted by Gasteiger charge is 2.17. The van der Waals surface area contributed by atoms with E-state index >= 15 is 0 Å². The van der Waals surface area contributed by atoms with Crippen molar-refractivity contribution < 1.29 is 4.79 Å². The molecule has 1 atom stereocenters. The number of nitrogens with zero attached hydrogens (tertiary/aromatic N) is 4. The molecule has 0 aliphatic carbocycles. The van der Waals surface area contributed by atoms with Crippen LogP contribution >= 0.6 is 15.9 Å². The number of carbonyl (C=O) groups excluding carboxylic acids is 1. The predicted molar refractivity (Wildman–Crippen MR) is 99.1 cm³/mol. The van der Waals surface area contributed by atoms with E-state index in [-0.39, 0.29) is 24.3 Å². The van der Waals surface area contributed by atoms with Gasteiger partial charge in [0.15, 0.2) is 0 Å². The van der Waals surface area contributed by atoms with Gasteiger partial charge in [0.25, 0.3) is 5.78 Å². The third-order valence-corrected chi connectivity index (χ3v) is 4.68. The van der Waals surface area contributed by atoms with Crippen LogP contribution in [0.15, 0.2) is 28.7 Å². The summed E-state index contributed by atoms with van der Waals surface area (Å²) < 4.78 is 2.58. The molecule has 3 rings (SSSR count). The van der Waals surface area contributed by atoms with Gasteiger partial charge in [-0.05, 0) is 38.5 Å². The van der Waals surface area contributed by atoms with E-state index in [1.54, 1.807) is 4.52 Å². The number of rotatable bonds is 4. The van der Waals surface area contributed by atoms with Crippen LogP contribution in [0, 0.1) is 13.8 Å². The highest BCUT2D eigenvalue weighted by molar-refractivity contribution is 9.10. The highest BCUT2D eigenvalue weighted by atomic mass is 79.9. The van der Waals surface area contributed by atoms with E-state index in [2.05, 4.69) is 36.3 Å². The van der Waals surface area contributed by atoms with E-state index < -0.39 is 0 Å². The molecule has 130 valence electrons. The fourth-order valence-electron chi connectivity index (χ4n) is 2.77. The Hall–Kier alpha value is -2.48.